The predicted octanol–water partition coefficient (Wildman–Crippen LogP) is 1.70. The van der Waals surface area contributed by atoms with Gasteiger partial charge in [-0.15, -0.1) is 0 Å². The van der Waals surface area contributed by atoms with Gasteiger partial charge >= 0.3 is 0 Å². The molecule has 0 bridgehead atoms. The molecule has 0 spiro atoms. The average molecular weight is 592 g/mol. The van der Waals surface area contributed by atoms with Crippen LogP contribution in [-0.2, 0) is 32.0 Å². The van der Waals surface area contributed by atoms with Crippen LogP contribution >= 0.6 is 0 Å². The molecule has 0 saturated heterocycles. The largest absolute Gasteiger partial charge is 0.508 e. The van der Waals surface area contributed by atoms with Gasteiger partial charge in [0, 0.05) is 12.8 Å². The summed E-state index contributed by atoms with van der Waals surface area (Å²) in [4.78, 5) is 51.8. The molecule has 10 nitrogen and oxygen atoms in total. The van der Waals surface area contributed by atoms with Gasteiger partial charge in [0.15, 0.2) is 0 Å². The summed E-state index contributed by atoms with van der Waals surface area (Å²) in [6.45, 7) is 1.48. The standard InChI is InChI=1S/C32H38FN5O5/c1-20(36-31(42)27(35-2)18-23-11-15-25(39)16-12-23)30(41)38-28(19-22-9-13-24(33)14-10-22)32(43)37-26(29(34)40)17-21-7-5-3-4-6-8-21/h3-5,7-16,20,26-28,35,39H,6,17-19H2,1-2H3,(H2,34,40)(H,36,42)(H,37,43)(H,38,41)/t20?,26-,27?,28?/m0/s1. The van der Waals surface area contributed by atoms with Gasteiger partial charge in [0.05, 0.1) is 6.04 Å². The van der Waals surface area contributed by atoms with Crippen LogP contribution in [0.4, 0.5) is 4.39 Å². The molecule has 0 heterocycles. The van der Waals surface area contributed by atoms with Crippen molar-refractivity contribution in [1.82, 2.24) is 21.3 Å². The van der Waals surface area contributed by atoms with Crippen LogP contribution in [-0.4, -0.2) is 60.0 Å². The van der Waals surface area contributed by atoms with E-state index in [9.17, 15) is 28.7 Å². The first-order valence-electron chi connectivity index (χ1n) is 14.0. The van der Waals surface area contributed by atoms with Crippen molar-refractivity contribution in [1.29, 1.82) is 0 Å². The normalized spacial score (nSPS) is 15.3. The zero-order valence-corrected chi connectivity index (χ0v) is 24.2. The Morgan fingerprint density at radius 3 is 2.02 bits per heavy atom. The van der Waals surface area contributed by atoms with E-state index in [0.717, 1.165) is 11.1 Å². The molecule has 3 rings (SSSR count). The van der Waals surface area contributed by atoms with Gasteiger partial charge in [-0.3, -0.25) is 19.2 Å². The maximum Gasteiger partial charge on any atom is 0.243 e. The van der Waals surface area contributed by atoms with Gasteiger partial charge in [-0.05, 0) is 67.8 Å². The van der Waals surface area contributed by atoms with Crippen molar-refractivity contribution in [2.24, 2.45) is 5.73 Å². The molecule has 0 aliphatic heterocycles. The molecule has 0 radical (unpaired) electrons. The fraction of sp³-hybridized carbons (Fsp3) is 0.312. The van der Waals surface area contributed by atoms with Gasteiger partial charge in [-0.2, -0.15) is 0 Å². The maximum atomic E-state index is 13.5. The highest BCUT2D eigenvalue weighted by atomic mass is 19.1. The number of amides is 4. The molecule has 2 aromatic rings. The minimum absolute atomic E-state index is 0.00346. The minimum Gasteiger partial charge on any atom is -0.508 e. The van der Waals surface area contributed by atoms with E-state index in [1.807, 2.05) is 30.4 Å². The van der Waals surface area contributed by atoms with Gasteiger partial charge in [-0.1, -0.05) is 54.6 Å². The quantitative estimate of drug-likeness (QED) is 0.196. The molecular weight excluding hydrogens is 553 g/mol. The first-order valence-corrected chi connectivity index (χ1v) is 14.0. The van der Waals surface area contributed by atoms with Crippen molar-refractivity contribution in [3.8, 4) is 5.75 Å². The molecule has 0 aromatic heterocycles. The third-order valence-electron chi connectivity index (χ3n) is 6.95. The van der Waals surface area contributed by atoms with E-state index in [1.54, 1.807) is 19.2 Å². The number of aromatic hydroxyl groups is 1. The highest BCUT2D eigenvalue weighted by Gasteiger charge is 2.29. The van der Waals surface area contributed by atoms with Crippen molar-refractivity contribution in [3.63, 3.8) is 0 Å². The molecule has 1 aliphatic carbocycles. The number of nitrogens with one attached hydrogen (secondary N) is 4. The second-order valence-electron chi connectivity index (χ2n) is 10.3. The second kappa shape index (κ2) is 16.0. The Morgan fingerprint density at radius 1 is 0.814 bits per heavy atom. The molecule has 2 aromatic carbocycles. The summed E-state index contributed by atoms with van der Waals surface area (Å²) in [6.07, 6.45) is 10.5. The van der Waals surface area contributed by atoms with Crippen molar-refractivity contribution < 1.29 is 28.7 Å². The monoisotopic (exact) mass is 591 g/mol. The number of hydrogen-bond donors (Lipinski definition) is 6. The van der Waals surface area contributed by atoms with Crippen molar-refractivity contribution in [2.75, 3.05) is 7.05 Å². The summed E-state index contributed by atoms with van der Waals surface area (Å²) >= 11 is 0. The van der Waals surface area contributed by atoms with Crippen LogP contribution in [0.3, 0.4) is 0 Å². The zero-order valence-electron chi connectivity index (χ0n) is 24.2. The maximum absolute atomic E-state index is 13.5. The van der Waals surface area contributed by atoms with Gasteiger partial charge < -0.3 is 32.1 Å². The number of primary amides is 1. The van der Waals surface area contributed by atoms with Crippen molar-refractivity contribution in [3.05, 3.63) is 101 Å². The van der Waals surface area contributed by atoms with E-state index in [1.165, 1.54) is 43.3 Å². The van der Waals surface area contributed by atoms with E-state index in [-0.39, 0.29) is 18.6 Å². The van der Waals surface area contributed by atoms with E-state index in [0.29, 0.717) is 18.4 Å². The molecule has 7 N–H and O–H groups in total. The second-order valence-corrected chi connectivity index (χ2v) is 10.3. The highest BCUT2D eigenvalue weighted by Crippen LogP contribution is 2.14. The molecule has 0 saturated carbocycles. The van der Waals surface area contributed by atoms with Gasteiger partial charge in [0.25, 0.3) is 0 Å². The van der Waals surface area contributed by atoms with Gasteiger partial charge in [0.2, 0.25) is 23.6 Å². The average Bonchev–Trinajstić information content (AvgIpc) is 3.25. The fourth-order valence-electron chi connectivity index (χ4n) is 4.44. The number of allylic oxidation sites excluding steroid dienone is 5. The van der Waals surface area contributed by atoms with Crippen molar-refractivity contribution >= 4 is 23.6 Å². The van der Waals surface area contributed by atoms with Crippen LogP contribution in [0.25, 0.3) is 0 Å². The van der Waals surface area contributed by atoms with Crippen LogP contribution in [0, 0.1) is 5.82 Å². The number of likely N-dealkylation sites (N-methyl/N-ethyl adjacent to an activating group) is 1. The van der Waals surface area contributed by atoms with Crippen LogP contribution < -0.4 is 27.0 Å². The lowest BCUT2D eigenvalue weighted by molar-refractivity contribution is -0.133. The Hall–Kier alpha value is -4.77. The van der Waals surface area contributed by atoms with Crippen LogP contribution in [0.2, 0.25) is 0 Å². The number of benzene rings is 2. The number of carbonyl (C=O) groups is 4. The Balaban J connectivity index is 1.70. The highest BCUT2D eigenvalue weighted by molar-refractivity contribution is 5.94. The molecule has 4 atom stereocenters. The number of phenolic OH excluding ortho intramolecular Hbond substituents is 1. The smallest absolute Gasteiger partial charge is 0.243 e. The summed E-state index contributed by atoms with van der Waals surface area (Å²) in [5, 5.41) is 20.4. The topological polar surface area (TPSA) is 163 Å². The summed E-state index contributed by atoms with van der Waals surface area (Å²) in [5.74, 6) is -2.81. The molecule has 4 amide bonds. The molecule has 43 heavy (non-hydrogen) atoms. The predicted molar refractivity (Wildman–Crippen MR) is 161 cm³/mol. The molecule has 3 unspecified atom stereocenters. The lowest BCUT2D eigenvalue weighted by Gasteiger charge is -2.25. The fourth-order valence-corrected chi connectivity index (χ4v) is 4.44. The molecule has 0 fully saturated rings. The molecule has 11 heteroatoms. The third kappa shape index (κ3) is 10.5. The number of nitrogens with two attached hydrogens (primary N) is 1. The Labute approximate surface area is 250 Å². The van der Waals surface area contributed by atoms with Gasteiger partial charge in [0.1, 0.15) is 29.7 Å². The zero-order chi connectivity index (χ0) is 31.4. The Kier molecular flexibility index (Phi) is 12.2. The number of rotatable bonds is 14. The molecule has 228 valence electrons. The summed E-state index contributed by atoms with van der Waals surface area (Å²) in [5.41, 5.74) is 7.79. The lowest BCUT2D eigenvalue weighted by Crippen LogP contribution is -2.57. The lowest BCUT2D eigenvalue weighted by atomic mass is 10.0. The molecule has 1 aliphatic rings. The first-order chi connectivity index (χ1) is 20.5. The van der Waals surface area contributed by atoms with Crippen molar-refractivity contribution in [2.45, 2.75) is 56.8 Å². The van der Waals surface area contributed by atoms with Gasteiger partial charge in [-0.25, -0.2) is 4.39 Å². The minimum atomic E-state index is -1.16. The number of carbonyl (C=O) groups excluding carboxylic acids is 4. The third-order valence-corrected chi connectivity index (χ3v) is 6.95. The van der Waals surface area contributed by atoms with E-state index < -0.39 is 53.6 Å². The number of hydrogen-bond acceptors (Lipinski definition) is 6. The Morgan fingerprint density at radius 2 is 1.40 bits per heavy atom. The number of phenols is 1. The van der Waals surface area contributed by atoms with E-state index in [4.69, 9.17) is 5.73 Å². The number of halogens is 1. The summed E-state index contributed by atoms with van der Waals surface area (Å²) in [6, 6.07) is 8.02. The van der Waals surface area contributed by atoms with Crippen LogP contribution in [0.5, 0.6) is 5.75 Å². The van der Waals surface area contributed by atoms with E-state index in [2.05, 4.69) is 21.3 Å². The summed E-state index contributed by atoms with van der Waals surface area (Å²) < 4.78 is 13.5. The Bertz CT molecular complexity index is 1370. The molecular formula is C32H38FN5O5. The SMILES string of the molecule is CNC(Cc1ccc(O)cc1)C(=O)NC(C)C(=O)NC(Cc1ccc(F)cc1)C(=O)N[C@@H](CC1=CCC=CC=C1)C(N)=O. The van der Waals surface area contributed by atoms with E-state index >= 15 is 0 Å². The first kappa shape index (κ1) is 32.7. The summed E-state index contributed by atoms with van der Waals surface area (Å²) in [7, 11) is 1.62. The van der Waals surface area contributed by atoms with Crippen LogP contribution in [0.1, 0.15) is 30.9 Å². The van der Waals surface area contributed by atoms with Crippen LogP contribution in [0.15, 0.2) is 84.5 Å².